The molecule has 2 fully saturated rings. The zero-order chi connectivity index (χ0) is 17.4. The van der Waals surface area contributed by atoms with Crippen molar-refractivity contribution in [2.24, 2.45) is 12.5 Å². The Morgan fingerprint density at radius 3 is 2.52 bits per heavy atom. The van der Waals surface area contributed by atoms with Crippen molar-refractivity contribution in [3.05, 3.63) is 50.9 Å². The molecule has 0 radical (unpaired) electrons. The first-order valence-corrected chi connectivity index (χ1v) is 10.1. The van der Waals surface area contributed by atoms with Gasteiger partial charge in [-0.05, 0) is 59.3 Å². The minimum absolute atomic E-state index is 0.0234. The van der Waals surface area contributed by atoms with Gasteiger partial charge in [-0.2, -0.15) is 0 Å². The van der Waals surface area contributed by atoms with Crippen LogP contribution in [0.15, 0.2) is 39.6 Å². The van der Waals surface area contributed by atoms with E-state index in [1.54, 1.807) is 4.68 Å². The fourth-order valence-corrected chi connectivity index (χ4v) is 5.28. The molecule has 134 valence electrons. The molecule has 1 saturated carbocycles. The van der Waals surface area contributed by atoms with E-state index in [2.05, 4.69) is 20.8 Å². The topological polar surface area (TPSA) is 30.2 Å². The Labute approximate surface area is 157 Å². The second-order valence-electron chi connectivity index (χ2n) is 7.76. The highest BCUT2D eigenvalue weighted by atomic mass is 79.9. The van der Waals surface area contributed by atoms with Crippen LogP contribution in [0.25, 0.3) is 5.69 Å². The van der Waals surface area contributed by atoms with Crippen LogP contribution in [-0.2, 0) is 13.6 Å². The minimum atomic E-state index is 0.0234. The molecular formula is C20H26BrN3O. The zero-order valence-corrected chi connectivity index (χ0v) is 16.5. The highest BCUT2D eigenvalue weighted by Gasteiger charge is 2.39. The van der Waals surface area contributed by atoms with Gasteiger partial charge in [0.1, 0.15) is 4.47 Å². The van der Waals surface area contributed by atoms with Crippen LogP contribution < -0.4 is 5.56 Å². The highest BCUT2D eigenvalue weighted by molar-refractivity contribution is 9.10. The van der Waals surface area contributed by atoms with Crippen LogP contribution in [0.4, 0.5) is 0 Å². The SMILES string of the molecule is Cn1c(CN2CCC3(CCCCC3)C2)c(Br)c(=O)n1-c1ccccc1. The first kappa shape index (κ1) is 17.1. The number of halogens is 1. The summed E-state index contributed by atoms with van der Waals surface area (Å²) < 4.78 is 4.46. The maximum Gasteiger partial charge on any atom is 0.286 e. The molecule has 0 amide bonds. The summed E-state index contributed by atoms with van der Waals surface area (Å²) in [6.07, 6.45) is 8.27. The van der Waals surface area contributed by atoms with Gasteiger partial charge in [-0.1, -0.05) is 37.5 Å². The van der Waals surface area contributed by atoms with Gasteiger partial charge in [0, 0.05) is 20.1 Å². The zero-order valence-electron chi connectivity index (χ0n) is 14.9. The molecule has 5 heteroatoms. The van der Waals surface area contributed by atoms with Crippen LogP contribution in [0.5, 0.6) is 0 Å². The van der Waals surface area contributed by atoms with Gasteiger partial charge in [0.05, 0.1) is 11.4 Å². The molecule has 1 aliphatic carbocycles. The van der Waals surface area contributed by atoms with E-state index in [4.69, 9.17) is 0 Å². The van der Waals surface area contributed by atoms with Crippen molar-refractivity contribution in [2.75, 3.05) is 13.1 Å². The number of nitrogens with zero attached hydrogens (tertiary/aromatic N) is 3. The Morgan fingerprint density at radius 1 is 1.08 bits per heavy atom. The molecule has 1 saturated heterocycles. The summed E-state index contributed by atoms with van der Waals surface area (Å²) in [4.78, 5) is 15.3. The molecule has 1 aromatic heterocycles. The van der Waals surface area contributed by atoms with Crippen LogP contribution in [0.1, 0.15) is 44.2 Å². The molecule has 0 bridgehead atoms. The summed E-state index contributed by atoms with van der Waals surface area (Å²) in [7, 11) is 1.99. The van der Waals surface area contributed by atoms with Crippen molar-refractivity contribution in [1.29, 1.82) is 0 Å². The third-order valence-corrected chi connectivity index (χ3v) is 6.93. The summed E-state index contributed by atoms with van der Waals surface area (Å²) in [5.41, 5.74) is 2.55. The second kappa shape index (κ2) is 6.76. The van der Waals surface area contributed by atoms with Gasteiger partial charge in [0.2, 0.25) is 0 Å². The van der Waals surface area contributed by atoms with Crippen LogP contribution in [0.2, 0.25) is 0 Å². The first-order chi connectivity index (χ1) is 12.1. The maximum atomic E-state index is 12.8. The van der Waals surface area contributed by atoms with Crippen molar-refractivity contribution in [3.63, 3.8) is 0 Å². The quantitative estimate of drug-likeness (QED) is 0.771. The Kier molecular flexibility index (Phi) is 4.63. The van der Waals surface area contributed by atoms with Crippen LogP contribution in [0, 0.1) is 5.41 Å². The van der Waals surface area contributed by atoms with E-state index in [-0.39, 0.29) is 5.56 Å². The van der Waals surface area contributed by atoms with Crippen molar-refractivity contribution in [3.8, 4) is 5.69 Å². The van der Waals surface area contributed by atoms with E-state index in [0.29, 0.717) is 9.89 Å². The molecule has 25 heavy (non-hydrogen) atoms. The standard InChI is InChI=1S/C20H26BrN3O/c1-22-17(14-23-13-12-20(15-23)10-6-3-7-11-20)18(21)19(25)24(22)16-8-4-2-5-9-16/h2,4-5,8-9H,3,6-7,10-15H2,1H3. The van der Waals surface area contributed by atoms with Crippen molar-refractivity contribution < 1.29 is 0 Å². The van der Waals surface area contributed by atoms with Crippen molar-refractivity contribution in [1.82, 2.24) is 14.3 Å². The monoisotopic (exact) mass is 403 g/mol. The lowest BCUT2D eigenvalue weighted by Gasteiger charge is -2.33. The number of likely N-dealkylation sites (tertiary alicyclic amines) is 1. The van der Waals surface area contributed by atoms with Gasteiger partial charge in [0.15, 0.2) is 0 Å². The largest absolute Gasteiger partial charge is 0.297 e. The molecule has 2 heterocycles. The van der Waals surface area contributed by atoms with Crippen molar-refractivity contribution in [2.45, 2.75) is 45.1 Å². The third kappa shape index (κ3) is 3.13. The average molecular weight is 404 g/mol. The Bertz CT molecular complexity index is 802. The number of hydrogen-bond acceptors (Lipinski definition) is 2. The van der Waals surface area contributed by atoms with Crippen LogP contribution in [0.3, 0.4) is 0 Å². The average Bonchev–Trinajstić information content (AvgIpc) is 3.11. The van der Waals surface area contributed by atoms with Crippen LogP contribution in [-0.4, -0.2) is 27.4 Å². The van der Waals surface area contributed by atoms with E-state index in [1.807, 2.05) is 42.1 Å². The molecule has 1 spiro atoms. The minimum Gasteiger partial charge on any atom is -0.297 e. The van der Waals surface area contributed by atoms with Gasteiger partial charge < -0.3 is 0 Å². The van der Waals surface area contributed by atoms with E-state index in [9.17, 15) is 4.79 Å². The lowest BCUT2D eigenvalue weighted by Crippen LogP contribution is -2.29. The summed E-state index contributed by atoms with van der Waals surface area (Å²) in [5, 5.41) is 0. The van der Waals surface area contributed by atoms with Gasteiger partial charge in [0.25, 0.3) is 5.56 Å². The number of hydrogen-bond donors (Lipinski definition) is 0. The normalized spacial score (nSPS) is 20.4. The number of aromatic nitrogens is 2. The first-order valence-electron chi connectivity index (χ1n) is 9.34. The van der Waals surface area contributed by atoms with E-state index in [0.717, 1.165) is 24.5 Å². The number of rotatable bonds is 3. The molecule has 0 unspecified atom stereocenters. The van der Waals surface area contributed by atoms with Crippen LogP contribution >= 0.6 is 15.9 Å². The Hall–Kier alpha value is -1.33. The summed E-state index contributed by atoms with van der Waals surface area (Å²) in [6.45, 7) is 3.18. The number of para-hydroxylation sites is 1. The fraction of sp³-hybridized carbons (Fsp3) is 0.550. The lowest BCUT2D eigenvalue weighted by atomic mass is 9.73. The third-order valence-electron chi connectivity index (χ3n) is 6.13. The summed E-state index contributed by atoms with van der Waals surface area (Å²) in [5.74, 6) is 0. The molecule has 1 aliphatic heterocycles. The molecule has 4 nitrogen and oxygen atoms in total. The van der Waals surface area contributed by atoms with Gasteiger partial charge in [-0.3, -0.25) is 14.4 Å². The van der Waals surface area contributed by atoms with Gasteiger partial charge in [-0.15, -0.1) is 0 Å². The fourth-order valence-electron chi connectivity index (χ4n) is 4.73. The Balaban J connectivity index is 1.59. The molecule has 2 aliphatic rings. The second-order valence-corrected chi connectivity index (χ2v) is 8.55. The molecule has 2 aromatic rings. The number of benzene rings is 1. The van der Waals surface area contributed by atoms with Crippen molar-refractivity contribution >= 4 is 15.9 Å². The summed E-state index contributed by atoms with van der Waals surface area (Å²) in [6, 6.07) is 9.86. The molecule has 1 aromatic carbocycles. The Morgan fingerprint density at radius 2 is 1.80 bits per heavy atom. The molecule has 0 atom stereocenters. The maximum absolute atomic E-state index is 12.8. The summed E-state index contributed by atoms with van der Waals surface area (Å²) >= 11 is 3.56. The van der Waals surface area contributed by atoms with E-state index in [1.165, 1.54) is 45.1 Å². The molecule has 4 rings (SSSR count). The van der Waals surface area contributed by atoms with E-state index >= 15 is 0 Å². The predicted molar refractivity (Wildman–Crippen MR) is 104 cm³/mol. The predicted octanol–water partition coefficient (Wildman–Crippen LogP) is 4.09. The van der Waals surface area contributed by atoms with E-state index < -0.39 is 0 Å². The molecular weight excluding hydrogens is 378 g/mol. The smallest absolute Gasteiger partial charge is 0.286 e. The molecule has 0 N–H and O–H groups in total. The lowest BCUT2D eigenvalue weighted by molar-refractivity contribution is 0.182. The van der Waals surface area contributed by atoms with Gasteiger partial charge >= 0.3 is 0 Å². The highest BCUT2D eigenvalue weighted by Crippen LogP contribution is 2.44. The van der Waals surface area contributed by atoms with Gasteiger partial charge in [-0.25, -0.2) is 4.68 Å².